The lowest BCUT2D eigenvalue weighted by Gasteiger charge is -2.26. The van der Waals surface area contributed by atoms with E-state index in [0.29, 0.717) is 0 Å². The Kier molecular flexibility index (Phi) is 10.8. The van der Waals surface area contributed by atoms with Crippen LogP contribution in [0.2, 0.25) is 0 Å². The van der Waals surface area contributed by atoms with Crippen molar-refractivity contribution in [2.24, 2.45) is 17.4 Å². The summed E-state index contributed by atoms with van der Waals surface area (Å²) in [4.78, 5) is 58.6. The predicted molar refractivity (Wildman–Crippen MR) is 98.8 cm³/mol. The molecule has 13 nitrogen and oxygen atoms in total. The fourth-order valence-electron chi connectivity index (χ4n) is 2.13. The maximum absolute atomic E-state index is 12.5. The predicted octanol–water partition coefficient (Wildman–Crippen LogP) is -4.24. The fourth-order valence-corrected chi connectivity index (χ4v) is 2.13. The number of carboxylic acid groups (broad SMARTS) is 1. The highest BCUT2D eigenvalue weighted by atomic mass is 16.4. The summed E-state index contributed by atoms with van der Waals surface area (Å²) in [6, 6.07) is -5.64. The molecule has 0 aromatic carbocycles. The molecule has 0 aromatic heterocycles. The van der Waals surface area contributed by atoms with E-state index in [0.717, 1.165) is 0 Å². The molecule has 0 saturated carbocycles. The smallest absolute Gasteiger partial charge is 0.326 e. The van der Waals surface area contributed by atoms with Gasteiger partial charge in [0.1, 0.15) is 24.2 Å². The highest BCUT2D eigenvalue weighted by Crippen LogP contribution is 2.04. The van der Waals surface area contributed by atoms with Crippen LogP contribution in [0.25, 0.3) is 0 Å². The van der Waals surface area contributed by atoms with Gasteiger partial charge >= 0.3 is 5.97 Å². The molecule has 0 rings (SSSR count). The van der Waals surface area contributed by atoms with Crippen LogP contribution in [0.5, 0.6) is 0 Å². The zero-order valence-corrected chi connectivity index (χ0v) is 16.4. The molecule has 0 spiro atoms. The van der Waals surface area contributed by atoms with E-state index in [1.807, 2.05) is 5.32 Å². The molecule has 0 aliphatic carbocycles. The molecule has 29 heavy (non-hydrogen) atoms. The van der Waals surface area contributed by atoms with Crippen LogP contribution in [0.1, 0.15) is 27.2 Å². The molecule has 10 N–H and O–H groups in total. The molecule has 0 radical (unpaired) electrons. The Morgan fingerprint density at radius 2 is 1.41 bits per heavy atom. The minimum atomic E-state index is -1.64. The van der Waals surface area contributed by atoms with Crippen molar-refractivity contribution in [2.45, 2.75) is 57.5 Å². The summed E-state index contributed by atoms with van der Waals surface area (Å²) in [6.07, 6.45) is -1.85. The van der Waals surface area contributed by atoms with Gasteiger partial charge in [0.25, 0.3) is 0 Å². The molecule has 0 heterocycles. The first-order chi connectivity index (χ1) is 13.3. The molecular formula is C16H29N5O8. The van der Waals surface area contributed by atoms with Gasteiger partial charge < -0.3 is 42.7 Å². The number of carboxylic acids is 1. The molecule has 0 saturated heterocycles. The second kappa shape index (κ2) is 11.9. The molecule has 5 unspecified atom stereocenters. The van der Waals surface area contributed by atoms with Gasteiger partial charge in [-0.3, -0.25) is 19.2 Å². The molecule has 4 amide bonds. The van der Waals surface area contributed by atoms with E-state index in [2.05, 4.69) is 10.6 Å². The summed E-state index contributed by atoms with van der Waals surface area (Å²) < 4.78 is 0. The summed E-state index contributed by atoms with van der Waals surface area (Å²) >= 11 is 0. The lowest BCUT2D eigenvalue weighted by molar-refractivity contribution is -0.144. The molecule has 13 heteroatoms. The quantitative estimate of drug-likeness (QED) is 0.153. The van der Waals surface area contributed by atoms with Gasteiger partial charge in [-0.25, -0.2) is 4.79 Å². The lowest BCUT2D eigenvalue weighted by Crippen LogP contribution is -2.60. The first-order valence-electron chi connectivity index (χ1n) is 8.78. The van der Waals surface area contributed by atoms with Gasteiger partial charge in [-0.05, 0) is 12.8 Å². The first kappa shape index (κ1) is 26.2. The van der Waals surface area contributed by atoms with Crippen molar-refractivity contribution in [1.29, 1.82) is 0 Å². The Bertz CT molecular complexity index is 624. The minimum absolute atomic E-state index is 0.454. The van der Waals surface area contributed by atoms with Crippen LogP contribution in [-0.2, 0) is 24.0 Å². The maximum Gasteiger partial charge on any atom is 0.326 e. The van der Waals surface area contributed by atoms with Crippen LogP contribution in [0.15, 0.2) is 0 Å². The van der Waals surface area contributed by atoms with E-state index in [-0.39, 0.29) is 0 Å². The van der Waals surface area contributed by atoms with E-state index in [1.54, 1.807) is 13.8 Å². The number of carbonyl (C=O) groups excluding carboxylic acids is 4. The number of nitrogens with one attached hydrogen (secondary N) is 3. The van der Waals surface area contributed by atoms with Crippen LogP contribution in [0.4, 0.5) is 0 Å². The van der Waals surface area contributed by atoms with Crippen LogP contribution >= 0.6 is 0 Å². The summed E-state index contributed by atoms with van der Waals surface area (Å²) in [7, 11) is 0. The van der Waals surface area contributed by atoms with Gasteiger partial charge in [0.2, 0.25) is 23.6 Å². The number of amides is 4. The molecule has 166 valence electrons. The average molecular weight is 419 g/mol. The summed E-state index contributed by atoms with van der Waals surface area (Å²) in [5.41, 5.74) is 10.4. The zero-order chi connectivity index (χ0) is 22.9. The monoisotopic (exact) mass is 419 g/mol. The first-order valence-corrected chi connectivity index (χ1v) is 8.78. The van der Waals surface area contributed by atoms with Crippen molar-refractivity contribution in [3.8, 4) is 0 Å². The van der Waals surface area contributed by atoms with Crippen molar-refractivity contribution in [2.75, 3.05) is 6.61 Å². The van der Waals surface area contributed by atoms with Crippen LogP contribution in [-0.4, -0.2) is 81.8 Å². The Morgan fingerprint density at radius 1 is 0.897 bits per heavy atom. The van der Waals surface area contributed by atoms with Crippen molar-refractivity contribution in [3.05, 3.63) is 0 Å². The summed E-state index contributed by atoms with van der Waals surface area (Å²) in [5.74, 6) is -5.67. The van der Waals surface area contributed by atoms with Crippen molar-refractivity contribution in [3.63, 3.8) is 0 Å². The van der Waals surface area contributed by atoms with E-state index >= 15 is 0 Å². The maximum atomic E-state index is 12.5. The molecule has 0 aliphatic heterocycles. The molecule has 5 atom stereocenters. The third kappa shape index (κ3) is 8.85. The number of aliphatic hydroxyl groups is 2. The number of primary amides is 1. The lowest BCUT2D eigenvalue weighted by atomic mass is 10.0. The van der Waals surface area contributed by atoms with Gasteiger partial charge in [0, 0.05) is 0 Å². The van der Waals surface area contributed by atoms with Gasteiger partial charge in [-0.1, -0.05) is 13.8 Å². The van der Waals surface area contributed by atoms with Crippen molar-refractivity contribution in [1.82, 2.24) is 16.0 Å². The fraction of sp³-hybridized carbons (Fsp3) is 0.688. The molecule has 0 aromatic rings. The largest absolute Gasteiger partial charge is 0.480 e. The van der Waals surface area contributed by atoms with Crippen LogP contribution in [0.3, 0.4) is 0 Å². The number of nitrogens with two attached hydrogens (primary N) is 2. The Labute approximate surface area is 167 Å². The highest BCUT2D eigenvalue weighted by molar-refractivity contribution is 5.95. The van der Waals surface area contributed by atoms with Gasteiger partial charge in [-0.2, -0.15) is 0 Å². The second-order valence-corrected chi connectivity index (χ2v) is 6.81. The molecule has 0 fully saturated rings. The molecule has 0 bridgehead atoms. The van der Waals surface area contributed by atoms with Crippen LogP contribution in [0, 0.1) is 5.92 Å². The summed E-state index contributed by atoms with van der Waals surface area (Å²) in [5, 5.41) is 34.3. The van der Waals surface area contributed by atoms with E-state index in [4.69, 9.17) is 16.6 Å². The second-order valence-electron chi connectivity index (χ2n) is 6.81. The average Bonchev–Trinajstić information content (AvgIpc) is 2.61. The molecular weight excluding hydrogens is 390 g/mol. The Morgan fingerprint density at radius 3 is 1.79 bits per heavy atom. The van der Waals surface area contributed by atoms with E-state index < -0.39 is 78.8 Å². The Hall–Kier alpha value is -2.77. The van der Waals surface area contributed by atoms with Gasteiger partial charge in [0.05, 0.1) is 19.1 Å². The SMILES string of the molecule is CC(C)C(NC(=O)C(N)C(C)O)C(=O)NC(CO)C(=O)NC(CC(N)=O)C(=O)O. The number of hydrogen-bond acceptors (Lipinski definition) is 8. The van der Waals surface area contributed by atoms with Gasteiger partial charge in [-0.15, -0.1) is 0 Å². The van der Waals surface area contributed by atoms with Crippen LogP contribution < -0.4 is 27.4 Å². The van der Waals surface area contributed by atoms with Crippen molar-refractivity contribution < 1.29 is 39.3 Å². The standard InChI is InChI=1S/C16H29N5O8/c1-6(2)12(21-14(26)11(18)7(3)23)15(27)20-9(5-22)13(25)19-8(16(28)29)4-10(17)24/h6-9,11-12,22-23H,4-5,18H2,1-3H3,(H2,17,24)(H,19,25)(H,20,27)(H,21,26)(H,28,29). The number of aliphatic hydroxyl groups excluding tert-OH is 2. The molecule has 0 aliphatic rings. The van der Waals surface area contributed by atoms with Crippen molar-refractivity contribution >= 4 is 29.6 Å². The number of carbonyl (C=O) groups is 5. The van der Waals surface area contributed by atoms with E-state index in [1.165, 1.54) is 6.92 Å². The highest BCUT2D eigenvalue weighted by Gasteiger charge is 2.32. The zero-order valence-electron chi connectivity index (χ0n) is 16.4. The topological polar surface area (TPSA) is 234 Å². The minimum Gasteiger partial charge on any atom is -0.480 e. The summed E-state index contributed by atoms with van der Waals surface area (Å²) in [6.45, 7) is 3.61. The number of hydrogen-bond donors (Lipinski definition) is 8. The van der Waals surface area contributed by atoms with Gasteiger partial charge in [0.15, 0.2) is 0 Å². The van der Waals surface area contributed by atoms with E-state index in [9.17, 15) is 34.2 Å². The normalized spacial score (nSPS) is 16.1. The third-order valence-electron chi connectivity index (χ3n) is 3.90. The number of aliphatic carboxylic acids is 1. The third-order valence-corrected chi connectivity index (χ3v) is 3.90. The Balaban J connectivity index is 5.20. The number of rotatable bonds is 12.